The van der Waals surface area contributed by atoms with Crippen molar-refractivity contribution in [2.75, 3.05) is 26.2 Å². The lowest BCUT2D eigenvalue weighted by molar-refractivity contribution is -0.137. The van der Waals surface area contributed by atoms with Crippen LogP contribution in [0.1, 0.15) is 18.1 Å². The van der Waals surface area contributed by atoms with Crippen LogP contribution in [0.25, 0.3) is 5.57 Å². The molecule has 1 amide bonds. The second-order valence-electron chi connectivity index (χ2n) is 5.81. The third-order valence-corrected chi connectivity index (χ3v) is 4.39. The highest BCUT2D eigenvalue weighted by molar-refractivity contribution is 5.95. The predicted molar refractivity (Wildman–Crippen MR) is 82.9 cm³/mol. The van der Waals surface area contributed by atoms with Gasteiger partial charge in [0.2, 0.25) is 5.91 Å². The Kier molecular flexibility index (Phi) is 4.08. The van der Waals surface area contributed by atoms with E-state index in [0.29, 0.717) is 13.2 Å². The van der Waals surface area contributed by atoms with Gasteiger partial charge in [-0.2, -0.15) is 0 Å². The van der Waals surface area contributed by atoms with Crippen molar-refractivity contribution < 1.29 is 9.53 Å². The summed E-state index contributed by atoms with van der Waals surface area (Å²) in [4.78, 5) is 14.6. The smallest absolute Gasteiger partial charge is 0.247 e. The van der Waals surface area contributed by atoms with Crippen LogP contribution < -0.4 is 5.32 Å². The number of aryl methyl sites for hydroxylation is 1. The predicted octanol–water partition coefficient (Wildman–Crippen LogP) is 1.60. The van der Waals surface area contributed by atoms with Crippen LogP contribution in [-0.2, 0) is 9.53 Å². The number of fused-ring (bicyclic) bond motifs is 1. The first-order chi connectivity index (χ1) is 10.2. The first-order valence-electron chi connectivity index (χ1n) is 7.54. The highest BCUT2D eigenvalue weighted by Gasteiger charge is 2.37. The van der Waals surface area contributed by atoms with Crippen molar-refractivity contribution in [1.82, 2.24) is 10.2 Å². The lowest BCUT2D eigenvalue weighted by Crippen LogP contribution is -2.52. The van der Waals surface area contributed by atoms with E-state index in [1.54, 1.807) is 6.08 Å². The van der Waals surface area contributed by atoms with Gasteiger partial charge in [-0.3, -0.25) is 4.79 Å². The van der Waals surface area contributed by atoms with Gasteiger partial charge in [0.1, 0.15) is 0 Å². The molecule has 0 aliphatic carbocycles. The molecule has 0 spiro atoms. The summed E-state index contributed by atoms with van der Waals surface area (Å²) in [5.74, 6) is 0.0951. The zero-order valence-corrected chi connectivity index (χ0v) is 12.6. The van der Waals surface area contributed by atoms with Gasteiger partial charge in [0.15, 0.2) is 0 Å². The summed E-state index contributed by atoms with van der Waals surface area (Å²) >= 11 is 0. The summed E-state index contributed by atoms with van der Waals surface area (Å²) in [7, 11) is 0. The van der Waals surface area contributed by atoms with Crippen LogP contribution in [0.5, 0.6) is 0 Å². The Morgan fingerprint density at radius 1 is 1.38 bits per heavy atom. The van der Waals surface area contributed by atoms with Crippen LogP contribution >= 0.6 is 0 Å². The van der Waals surface area contributed by atoms with Crippen molar-refractivity contribution in [3.8, 4) is 0 Å². The molecule has 2 heterocycles. The van der Waals surface area contributed by atoms with Crippen LogP contribution in [-0.4, -0.2) is 49.2 Å². The van der Waals surface area contributed by atoms with Crippen LogP contribution in [0.3, 0.4) is 0 Å². The molecule has 2 atom stereocenters. The van der Waals surface area contributed by atoms with Crippen LogP contribution in [0.15, 0.2) is 30.3 Å². The molecule has 0 saturated carbocycles. The number of carbonyl (C=O) groups is 1. The van der Waals surface area contributed by atoms with E-state index < -0.39 is 0 Å². The van der Waals surface area contributed by atoms with Gasteiger partial charge in [-0.05, 0) is 30.5 Å². The molecule has 4 heteroatoms. The first-order valence-corrected chi connectivity index (χ1v) is 7.54. The molecular weight excluding hydrogens is 264 g/mol. The molecule has 3 rings (SSSR count). The fourth-order valence-corrected chi connectivity index (χ4v) is 3.22. The molecule has 112 valence electrons. The number of benzene rings is 1. The number of hydrogen-bond acceptors (Lipinski definition) is 3. The van der Waals surface area contributed by atoms with Gasteiger partial charge in [-0.1, -0.05) is 24.3 Å². The Morgan fingerprint density at radius 2 is 2.19 bits per heavy atom. The summed E-state index contributed by atoms with van der Waals surface area (Å²) < 4.78 is 5.71. The number of rotatable bonds is 2. The van der Waals surface area contributed by atoms with Gasteiger partial charge in [0.05, 0.1) is 18.8 Å². The summed E-state index contributed by atoms with van der Waals surface area (Å²) in [6.07, 6.45) is 1.91. The zero-order valence-electron chi connectivity index (χ0n) is 12.6. The number of morpholine rings is 1. The van der Waals surface area contributed by atoms with Crippen molar-refractivity contribution in [2.24, 2.45) is 0 Å². The fraction of sp³-hybridized carbons (Fsp3) is 0.471. The SMILES string of the molecule is C/C(=C\C(=O)N1CCO[C@H]2CNC[C@H]21)c1ccccc1C. The van der Waals surface area contributed by atoms with Gasteiger partial charge in [-0.15, -0.1) is 0 Å². The number of nitrogens with zero attached hydrogens (tertiary/aromatic N) is 1. The Balaban J connectivity index is 1.79. The summed E-state index contributed by atoms with van der Waals surface area (Å²) in [6, 6.07) is 8.34. The van der Waals surface area contributed by atoms with Gasteiger partial charge in [0.25, 0.3) is 0 Å². The quantitative estimate of drug-likeness (QED) is 0.840. The normalized spacial score (nSPS) is 25.8. The van der Waals surface area contributed by atoms with E-state index in [-0.39, 0.29) is 18.1 Å². The minimum absolute atomic E-state index is 0.0951. The van der Waals surface area contributed by atoms with Gasteiger partial charge in [-0.25, -0.2) is 0 Å². The molecule has 0 radical (unpaired) electrons. The summed E-state index contributed by atoms with van der Waals surface area (Å²) in [5.41, 5.74) is 3.36. The largest absolute Gasteiger partial charge is 0.373 e. The molecular formula is C17H22N2O2. The zero-order chi connectivity index (χ0) is 14.8. The van der Waals surface area contributed by atoms with Crippen molar-refractivity contribution >= 4 is 11.5 Å². The summed E-state index contributed by atoms with van der Waals surface area (Å²) in [5, 5.41) is 3.30. The van der Waals surface area contributed by atoms with Crippen LogP contribution in [0, 0.1) is 6.92 Å². The third kappa shape index (κ3) is 2.87. The van der Waals surface area contributed by atoms with Crippen LogP contribution in [0.2, 0.25) is 0 Å². The molecule has 2 fully saturated rings. The maximum atomic E-state index is 12.6. The molecule has 2 saturated heterocycles. The molecule has 0 bridgehead atoms. The highest BCUT2D eigenvalue weighted by Crippen LogP contribution is 2.21. The first kappa shape index (κ1) is 14.3. The molecule has 1 N–H and O–H groups in total. The van der Waals surface area contributed by atoms with E-state index in [2.05, 4.69) is 24.4 Å². The minimum Gasteiger partial charge on any atom is -0.373 e. The number of allylic oxidation sites excluding steroid dienone is 1. The molecule has 2 aliphatic heterocycles. The van der Waals surface area contributed by atoms with E-state index in [4.69, 9.17) is 4.74 Å². The number of hydrogen-bond donors (Lipinski definition) is 1. The molecule has 4 nitrogen and oxygen atoms in total. The Labute approximate surface area is 125 Å². The summed E-state index contributed by atoms with van der Waals surface area (Å²) in [6.45, 7) is 7.06. The standard InChI is InChI=1S/C17H22N2O2/c1-12-5-3-4-6-14(12)13(2)9-17(20)19-7-8-21-16-11-18-10-15(16)19/h3-6,9,15-16,18H,7-8,10-11H2,1-2H3/b13-9+/t15-,16+/m1/s1. The molecule has 0 unspecified atom stereocenters. The van der Waals surface area contributed by atoms with Crippen molar-refractivity contribution in [2.45, 2.75) is 26.0 Å². The van der Waals surface area contributed by atoms with Crippen molar-refractivity contribution in [3.63, 3.8) is 0 Å². The Bertz CT molecular complexity index is 568. The Morgan fingerprint density at radius 3 is 3.00 bits per heavy atom. The van der Waals surface area contributed by atoms with E-state index in [1.165, 1.54) is 5.56 Å². The second kappa shape index (κ2) is 6.00. The third-order valence-electron chi connectivity index (χ3n) is 4.39. The maximum absolute atomic E-state index is 12.6. The minimum atomic E-state index is 0.0951. The fourth-order valence-electron chi connectivity index (χ4n) is 3.22. The lowest BCUT2D eigenvalue weighted by atomic mass is 10.0. The molecule has 0 aromatic heterocycles. The molecule has 1 aromatic carbocycles. The van der Waals surface area contributed by atoms with E-state index in [1.807, 2.05) is 24.0 Å². The average molecular weight is 286 g/mol. The number of ether oxygens (including phenoxy) is 1. The second-order valence-corrected chi connectivity index (χ2v) is 5.81. The lowest BCUT2D eigenvalue weighted by Gasteiger charge is -2.36. The topological polar surface area (TPSA) is 41.6 Å². The van der Waals surface area contributed by atoms with E-state index in [0.717, 1.165) is 24.2 Å². The van der Waals surface area contributed by atoms with Gasteiger partial charge >= 0.3 is 0 Å². The maximum Gasteiger partial charge on any atom is 0.247 e. The van der Waals surface area contributed by atoms with Gasteiger partial charge < -0.3 is 15.0 Å². The highest BCUT2D eigenvalue weighted by atomic mass is 16.5. The van der Waals surface area contributed by atoms with Gasteiger partial charge in [0, 0.05) is 25.7 Å². The molecule has 21 heavy (non-hydrogen) atoms. The van der Waals surface area contributed by atoms with E-state index >= 15 is 0 Å². The van der Waals surface area contributed by atoms with Crippen molar-refractivity contribution in [1.29, 1.82) is 0 Å². The van der Waals surface area contributed by atoms with Crippen LogP contribution in [0.4, 0.5) is 0 Å². The number of carbonyl (C=O) groups excluding carboxylic acids is 1. The monoisotopic (exact) mass is 286 g/mol. The molecule has 1 aromatic rings. The molecule has 2 aliphatic rings. The number of amides is 1. The van der Waals surface area contributed by atoms with Crippen molar-refractivity contribution in [3.05, 3.63) is 41.5 Å². The average Bonchev–Trinajstić information content (AvgIpc) is 2.95. The van der Waals surface area contributed by atoms with E-state index in [9.17, 15) is 4.79 Å². The Hall–Kier alpha value is -1.65. The number of nitrogens with one attached hydrogen (secondary N) is 1.